The maximum absolute atomic E-state index is 13.2. The van der Waals surface area contributed by atoms with E-state index in [1.165, 1.54) is 18.2 Å². The fourth-order valence-corrected chi connectivity index (χ4v) is 2.70. The maximum atomic E-state index is 13.2. The van der Waals surface area contributed by atoms with Gasteiger partial charge in [-0.05, 0) is 48.2 Å². The number of anilines is 1. The van der Waals surface area contributed by atoms with Gasteiger partial charge in [-0.3, -0.25) is 0 Å². The zero-order valence-corrected chi connectivity index (χ0v) is 11.2. The Kier molecular flexibility index (Phi) is 3.73. The summed E-state index contributed by atoms with van der Waals surface area (Å²) in [6.45, 7) is -2.84. The average Bonchev–Trinajstić information content (AvgIpc) is 2.80. The predicted octanol–water partition coefficient (Wildman–Crippen LogP) is 4.53. The molecule has 0 spiro atoms. The molecule has 0 saturated carbocycles. The van der Waals surface area contributed by atoms with E-state index < -0.39 is 6.61 Å². The second kappa shape index (κ2) is 5.68. The van der Waals surface area contributed by atoms with E-state index in [-0.39, 0.29) is 17.6 Å². The molecule has 0 amide bonds. The Labute approximate surface area is 120 Å². The van der Waals surface area contributed by atoms with Gasteiger partial charge in [0.05, 0.1) is 6.04 Å². The van der Waals surface area contributed by atoms with Crippen LogP contribution in [0.5, 0.6) is 5.75 Å². The summed E-state index contributed by atoms with van der Waals surface area (Å²) in [4.78, 5) is 0. The van der Waals surface area contributed by atoms with Crippen LogP contribution in [0.1, 0.15) is 23.6 Å². The Bertz CT molecular complexity index is 645. The lowest BCUT2D eigenvalue weighted by Crippen LogP contribution is -2.08. The number of fused-ring (bicyclic) bond motifs is 1. The fraction of sp³-hybridized carbons (Fsp3) is 0.250. The first-order valence-electron chi connectivity index (χ1n) is 6.71. The van der Waals surface area contributed by atoms with Gasteiger partial charge in [0.15, 0.2) is 0 Å². The highest BCUT2D eigenvalue weighted by Gasteiger charge is 2.22. The van der Waals surface area contributed by atoms with E-state index in [9.17, 15) is 13.2 Å². The summed E-state index contributed by atoms with van der Waals surface area (Å²) in [5, 5.41) is 3.28. The van der Waals surface area contributed by atoms with Crippen molar-refractivity contribution in [3.8, 4) is 5.75 Å². The summed E-state index contributed by atoms with van der Waals surface area (Å²) >= 11 is 0. The van der Waals surface area contributed by atoms with Crippen molar-refractivity contribution >= 4 is 5.69 Å². The molecule has 0 aliphatic heterocycles. The number of aryl methyl sites for hydroxylation is 1. The molecule has 2 nitrogen and oxygen atoms in total. The van der Waals surface area contributed by atoms with Crippen molar-refractivity contribution in [2.24, 2.45) is 0 Å². The van der Waals surface area contributed by atoms with Crippen LogP contribution in [-0.4, -0.2) is 6.61 Å². The Morgan fingerprint density at radius 2 is 2.00 bits per heavy atom. The number of hydrogen-bond donors (Lipinski definition) is 1. The molecule has 5 heteroatoms. The second-order valence-electron chi connectivity index (χ2n) is 4.99. The quantitative estimate of drug-likeness (QED) is 0.894. The molecule has 0 radical (unpaired) electrons. The standard InChI is InChI=1S/C16H14F3NO/c17-11-5-6-14-10(8-11)4-7-15(14)20-12-2-1-3-13(9-12)21-16(18)19/h1-3,5-6,8-9,15-16,20H,4,7H2. The van der Waals surface area contributed by atoms with Gasteiger partial charge < -0.3 is 10.1 Å². The Morgan fingerprint density at radius 3 is 2.81 bits per heavy atom. The van der Waals surface area contributed by atoms with E-state index in [1.54, 1.807) is 24.3 Å². The molecule has 1 aliphatic rings. The average molecular weight is 293 g/mol. The zero-order valence-electron chi connectivity index (χ0n) is 11.2. The molecule has 0 aromatic heterocycles. The smallest absolute Gasteiger partial charge is 0.387 e. The van der Waals surface area contributed by atoms with E-state index in [0.29, 0.717) is 5.69 Å². The summed E-state index contributed by atoms with van der Waals surface area (Å²) in [7, 11) is 0. The van der Waals surface area contributed by atoms with Gasteiger partial charge >= 0.3 is 6.61 Å². The minimum Gasteiger partial charge on any atom is -0.435 e. The fourth-order valence-electron chi connectivity index (χ4n) is 2.70. The lowest BCUT2D eigenvalue weighted by molar-refractivity contribution is -0.0498. The molecule has 2 aromatic rings. The Balaban J connectivity index is 1.77. The van der Waals surface area contributed by atoms with E-state index in [2.05, 4.69) is 10.1 Å². The first-order valence-corrected chi connectivity index (χ1v) is 6.71. The highest BCUT2D eigenvalue weighted by molar-refractivity contribution is 5.51. The van der Waals surface area contributed by atoms with Crippen LogP contribution in [0.3, 0.4) is 0 Å². The Hall–Kier alpha value is -2.17. The number of halogens is 3. The van der Waals surface area contributed by atoms with Crippen LogP contribution < -0.4 is 10.1 Å². The molecule has 3 rings (SSSR count). The van der Waals surface area contributed by atoms with Gasteiger partial charge in [0.25, 0.3) is 0 Å². The molecule has 1 atom stereocenters. The molecular formula is C16H14F3NO. The molecule has 21 heavy (non-hydrogen) atoms. The molecule has 1 N–H and O–H groups in total. The van der Waals surface area contributed by atoms with Crippen molar-refractivity contribution < 1.29 is 17.9 Å². The highest BCUT2D eigenvalue weighted by atomic mass is 19.3. The van der Waals surface area contributed by atoms with Crippen molar-refractivity contribution in [2.75, 3.05) is 5.32 Å². The lowest BCUT2D eigenvalue weighted by Gasteiger charge is -2.16. The molecule has 0 heterocycles. The number of alkyl halides is 2. The van der Waals surface area contributed by atoms with Gasteiger partial charge in [0.2, 0.25) is 0 Å². The van der Waals surface area contributed by atoms with Crippen molar-refractivity contribution in [3.63, 3.8) is 0 Å². The van der Waals surface area contributed by atoms with Gasteiger partial charge in [-0.15, -0.1) is 0 Å². The van der Waals surface area contributed by atoms with E-state index >= 15 is 0 Å². The van der Waals surface area contributed by atoms with E-state index in [1.807, 2.05) is 0 Å². The molecule has 2 aromatic carbocycles. The largest absolute Gasteiger partial charge is 0.435 e. The van der Waals surface area contributed by atoms with Crippen LogP contribution in [0, 0.1) is 5.82 Å². The zero-order chi connectivity index (χ0) is 14.8. The topological polar surface area (TPSA) is 21.3 Å². The number of nitrogens with one attached hydrogen (secondary N) is 1. The summed E-state index contributed by atoms with van der Waals surface area (Å²) in [5.41, 5.74) is 2.75. The first-order chi connectivity index (χ1) is 10.1. The second-order valence-corrected chi connectivity index (χ2v) is 4.99. The van der Waals surface area contributed by atoms with Crippen LogP contribution >= 0.6 is 0 Å². The van der Waals surface area contributed by atoms with Gasteiger partial charge in [0, 0.05) is 11.8 Å². The number of ether oxygens (including phenoxy) is 1. The predicted molar refractivity (Wildman–Crippen MR) is 74.2 cm³/mol. The third-order valence-corrected chi connectivity index (χ3v) is 3.58. The molecule has 1 aliphatic carbocycles. The summed E-state index contributed by atoms with van der Waals surface area (Å²) < 4.78 is 42.0. The van der Waals surface area contributed by atoms with Crippen molar-refractivity contribution in [1.82, 2.24) is 0 Å². The number of hydrogen-bond acceptors (Lipinski definition) is 2. The van der Waals surface area contributed by atoms with Crippen molar-refractivity contribution in [2.45, 2.75) is 25.5 Å². The third-order valence-electron chi connectivity index (χ3n) is 3.58. The summed E-state index contributed by atoms with van der Waals surface area (Å²) in [6, 6.07) is 11.3. The lowest BCUT2D eigenvalue weighted by atomic mass is 10.1. The number of benzene rings is 2. The van der Waals surface area contributed by atoms with Crippen LogP contribution in [-0.2, 0) is 6.42 Å². The summed E-state index contributed by atoms with van der Waals surface area (Å²) in [5.74, 6) is -0.117. The highest BCUT2D eigenvalue weighted by Crippen LogP contribution is 2.34. The third kappa shape index (κ3) is 3.12. The van der Waals surface area contributed by atoms with Gasteiger partial charge in [0.1, 0.15) is 11.6 Å². The first kappa shape index (κ1) is 13.8. The molecule has 0 bridgehead atoms. The van der Waals surface area contributed by atoms with Crippen LogP contribution in [0.4, 0.5) is 18.9 Å². The van der Waals surface area contributed by atoms with Crippen LogP contribution in [0.25, 0.3) is 0 Å². The normalized spacial score (nSPS) is 16.9. The number of rotatable bonds is 4. The van der Waals surface area contributed by atoms with Crippen LogP contribution in [0.2, 0.25) is 0 Å². The minimum atomic E-state index is -2.84. The molecule has 1 unspecified atom stereocenters. The van der Waals surface area contributed by atoms with E-state index in [0.717, 1.165) is 24.0 Å². The van der Waals surface area contributed by atoms with Crippen molar-refractivity contribution in [1.29, 1.82) is 0 Å². The Morgan fingerprint density at radius 1 is 1.14 bits per heavy atom. The molecule has 0 saturated heterocycles. The molecule has 110 valence electrons. The van der Waals surface area contributed by atoms with Gasteiger partial charge in [-0.2, -0.15) is 8.78 Å². The van der Waals surface area contributed by atoms with Crippen molar-refractivity contribution in [3.05, 3.63) is 59.4 Å². The summed E-state index contributed by atoms with van der Waals surface area (Å²) in [6.07, 6.45) is 1.65. The van der Waals surface area contributed by atoms with Crippen LogP contribution in [0.15, 0.2) is 42.5 Å². The van der Waals surface area contributed by atoms with Gasteiger partial charge in [-0.25, -0.2) is 4.39 Å². The SMILES string of the molecule is Fc1ccc2c(c1)CCC2Nc1cccc(OC(F)F)c1. The maximum Gasteiger partial charge on any atom is 0.387 e. The minimum absolute atomic E-state index is 0.0578. The molecule has 0 fully saturated rings. The molecular weight excluding hydrogens is 279 g/mol. The monoisotopic (exact) mass is 293 g/mol. The van der Waals surface area contributed by atoms with Gasteiger partial charge in [-0.1, -0.05) is 12.1 Å². The van der Waals surface area contributed by atoms with E-state index in [4.69, 9.17) is 0 Å².